The summed E-state index contributed by atoms with van der Waals surface area (Å²) in [5.74, 6) is 0.0556. The Morgan fingerprint density at radius 3 is 2.57 bits per heavy atom. The van der Waals surface area contributed by atoms with Crippen LogP contribution in [0.4, 0.5) is 0 Å². The first-order valence-corrected chi connectivity index (χ1v) is 3.95. The monoisotopic (exact) mass is 220 g/mol. The number of benzene rings is 1. The number of carboxylic acids is 1. The first kappa shape index (κ1) is 16.6. The van der Waals surface area contributed by atoms with E-state index in [0.717, 1.165) is 19.3 Å². The van der Waals surface area contributed by atoms with Gasteiger partial charge in [-0.3, -0.25) is 4.79 Å². The van der Waals surface area contributed by atoms with Crippen LogP contribution < -0.4 is 56.1 Å². The van der Waals surface area contributed by atoms with Gasteiger partial charge in [-0.25, -0.2) is 0 Å². The van der Waals surface area contributed by atoms with Crippen molar-refractivity contribution in [3.8, 4) is 5.75 Å². The van der Waals surface area contributed by atoms with E-state index in [2.05, 4.69) is 6.07 Å². The Balaban J connectivity index is 0. The smallest absolute Gasteiger partial charge is 0.551 e. The molecule has 0 aliphatic carbocycles. The van der Waals surface area contributed by atoms with Gasteiger partial charge in [-0.05, 0) is 6.92 Å². The molecule has 0 unspecified atom stereocenters. The second kappa shape index (κ2) is 11.2. The summed E-state index contributed by atoms with van der Waals surface area (Å²) in [7, 11) is 0. The summed E-state index contributed by atoms with van der Waals surface area (Å²) < 4.78 is 5.17. The molecule has 0 saturated carbocycles. The molecule has 0 aliphatic rings. The third-order valence-electron chi connectivity index (χ3n) is 0.990. The summed E-state index contributed by atoms with van der Waals surface area (Å²) in [6.07, 6.45) is 0. The quantitative estimate of drug-likeness (QED) is 0.513. The molecule has 14 heavy (non-hydrogen) atoms. The van der Waals surface area contributed by atoms with Gasteiger partial charge in [-0.2, -0.15) is 18.2 Å². The second-order valence-electron chi connectivity index (χ2n) is 2.19. The SMILES string of the molecule is CC(=O)O.CCOc1c[c-]ccc1.[K+]. The number of ether oxygens (including phenoxy) is 1. The van der Waals surface area contributed by atoms with Crippen molar-refractivity contribution in [1.29, 1.82) is 0 Å². The number of aliphatic carboxylic acids is 1. The van der Waals surface area contributed by atoms with E-state index < -0.39 is 5.97 Å². The predicted octanol–water partition coefficient (Wildman–Crippen LogP) is -1.02. The molecule has 1 aromatic carbocycles. The van der Waals surface area contributed by atoms with Gasteiger partial charge in [0.2, 0.25) is 0 Å². The fourth-order valence-corrected chi connectivity index (χ4v) is 0.633. The van der Waals surface area contributed by atoms with Crippen LogP contribution in [0, 0.1) is 6.07 Å². The molecule has 1 N–H and O–H groups in total. The molecule has 0 bridgehead atoms. The summed E-state index contributed by atoms with van der Waals surface area (Å²) >= 11 is 0. The van der Waals surface area contributed by atoms with Gasteiger partial charge in [0, 0.05) is 12.7 Å². The van der Waals surface area contributed by atoms with Crippen LogP contribution in [-0.2, 0) is 4.79 Å². The minimum Gasteiger partial charge on any atom is -0.551 e. The molecule has 4 heteroatoms. The van der Waals surface area contributed by atoms with Crippen molar-refractivity contribution >= 4 is 5.97 Å². The first-order chi connectivity index (χ1) is 6.16. The number of hydrogen-bond acceptors (Lipinski definition) is 2. The van der Waals surface area contributed by atoms with Crippen molar-refractivity contribution in [2.45, 2.75) is 13.8 Å². The average Bonchev–Trinajstić information content (AvgIpc) is 2.06. The van der Waals surface area contributed by atoms with Crippen molar-refractivity contribution < 1.29 is 66.0 Å². The maximum Gasteiger partial charge on any atom is 1.00 e. The Morgan fingerprint density at radius 1 is 1.64 bits per heavy atom. The maximum atomic E-state index is 9.00. The summed E-state index contributed by atoms with van der Waals surface area (Å²) in [6, 6.07) is 10.4. The van der Waals surface area contributed by atoms with E-state index in [1.165, 1.54) is 0 Å². The molecule has 1 aromatic rings. The van der Waals surface area contributed by atoms with Crippen LogP contribution in [-0.4, -0.2) is 17.7 Å². The Morgan fingerprint density at radius 2 is 2.21 bits per heavy atom. The zero-order valence-electron chi connectivity index (χ0n) is 8.78. The van der Waals surface area contributed by atoms with Crippen molar-refractivity contribution in [2.75, 3.05) is 6.61 Å². The molecule has 1 rings (SSSR count). The van der Waals surface area contributed by atoms with Gasteiger partial charge < -0.3 is 9.84 Å². The topological polar surface area (TPSA) is 46.5 Å². The molecular formula is C10H13KO3. The largest absolute Gasteiger partial charge is 1.00 e. The molecule has 0 spiro atoms. The van der Waals surface area contributed by atoms with Crippen LogP contribution in [0.5, 0.6) is 5.75 Å². The number of rotatable bonds is 2. The van der Waals surface area contributed by atoms with Crippen LogP contribution >= 0.6 is 0 Å². The molecule has 3 nitrogen and oxygen atoms in total. The van der Waals surface area contributed by atoms with Crippen molar-refractivity contribution in [3.63, 3.8) is 0 Å². The number of hydrogen-bond donors (Lipinski definition) is 1. The van der Waals surface area contributed by atoms with Gasteiger partial charge in [0.25, 0.3) is 5.97 Å². The summed E-state index contributed by atoms with van der Waals surface area (Å²) in [6.45, 7) is 3.77. The van der Waals surface area contributed by atoms with Gasteiger partial charge in [0.15, 0.2) is 0 Å². The Kier molecular flexibility index (Phi) is 13.2. The fourth-order valence-electron chi connectivity index (χ4n) is 0.633. The van der Waals surface area contributed by atoms with E-state index in [4.69, 9.17) is 14.6 Å². The van der Waals surface area contributed by atoms with E-state index >= 15 is 0 Å². The second-order valence-corrected chi connectivity index (χ2v) is 2.19. The standard InChI is InChI=1S/C8H9O.C2H4O2.K/c1-2-9-8-6-4-3-5-7-8;1-2(3)4;/h3-4,6-7H,2H2,1H3;1H3,(H,3,4);/q-1;;+1. The third-order valence-corrected chi connectivity index (χ3v) is 0.990. The molecule has 0 amide bonds. The Bertz CT molecular complexity index is 232. The van der Waals surface area contributed by atoms with Gasteiger partial charge in [-0.15, -0.1) is 12.1 Å². The molecule has 0 fully saturated rings. The minimum absolute atomic E-state index is 0. The van der Waals surface area contributed by atoms with Gasteiger partial charge in [0.05, 0.1) is 6.61 Å². The number of carbonyl (C=O) groups is 1. The molecule has 0 radical (unpaired) electrons. The van der Waals surface area contributed by atoms with E-state index in [-0.39, 0.29) is 51.4 Å². The van der Waals surface area contributed by atoms with Crippen molar-refractivity contribution in [1.82, 2.24) is 0 Å². The summed E-state index contributed by atoms with van der Waals surface area (Å²) in [5, 5.41) is 7.42. The zero-order valence-corrected chi connectivity index (χ0v) is 11.9. The molecular weight excluding hydrogens is 207 g/mol. The average molecular weight is 220 g/mol. The first-order valence-electron chi connectivity index (χ1n) is 3.95. The Labute approximate surface area is 127 Å². The van der Waals surface area contributed by atoms with E-state index in [0.29, 0.717) is 0 Å². The Hall–Kier alpha value is 0.126. The van der Waals surface area contributed by atoms with Crippen LogP contribution in [0.2, 0.25) is 0 Å². The van der Waals surface area contributed by atoms with Crippen molar-refractivity contribution in [2.24, 2.45) is 0 Å². The molecule has 0 aliphatic heterocycles. The molecule has 0 aromatic heterocycles. The normalized spacial score (nSPS) is 7.57. The third kappa shape index (κ3) is 12.1. The zero-order chi connectivity index (χ0) is 10.1. The molecule has 0 heterocycles. The summed E-state index contributed by atoms with van der Waals surface area (Å²) in [5.41, 5.74) is 0. The van der Waals surface area contributed by atoms with E-state index in [9.17, 15) is 0 Å². The van der Waals surface area contributed by atoms with Crippen LogP contribution in [0.1, 0.15) is 13.8 Å². The summed E-state index contributed by atoms with van der Waals surface area (Å²) in [4.78, 5) is 9.00. The van der Waals surface area contributed by atoms with Crippen molar-refractivity contribution in [3.05, 3.63) is 30.3 Å². The predicted molar refractivity (Wildman–Crippen MR) is 49.8 cm³/mol. The minimum atomic E-state index is -0.833. The maximum absolute atomic E-state index is 9.00. The van der Waals surface area contributed by atoms with Gasteiger partial charge >= 0.3 is 51.4 Å². The van der Waals surface area contributed by atoms with Crippen LogP contribution in [0.15, 0.2) is 24.3 Å². The van der Waals surface area contributed by atoms with E-state index in [1.54, 1.807) is 0 Å². The van der Waals surface area contributed by atoms with E-state index in [1.807, 2.05) is 31.2 Å². The van der Waals surface area contributed by atoms with Gasteiger partial charge in [-0.1, -0.05) is 0 Å². The number of carboxylic acid groups (broad SMARTS) is 1. The van der Waals surface area contributed by atoms with Gasteiger partial charge in [0.1, 0.15) is 0 Å². The van der Waals surface area contributed by atoms with Crippen LogP contribution in [0.3, 0.4) is 0 Å². The van der Waals surface area contributed by atoms with Crippen LogP contribution in [0.25, 0.3) is 0 Å². The molecule has 0 saturated heterocycles. The fraction of sp³-hybridized carbons (Fsp3) is 0.300. The molecule has 0 atom stereocenters. The molecule has 72 valence electrons.